The number of amides is 4. The van der Waals surface area contributed by atoms with Gasteiger partial charge in [0, 0.05) is 31.3 Å². The van der Waals surface area contributed by atoms with Crippen molar-refractivity contribution < 1.29 is 46.6 Å². The maximum absolute atomic E-state index is 13.6. The van der Waals surface area contributed by atoms with E-state index in [1.165, 1.54) is 31.3 Å². The Bertz CT molecular complexity index is 1300. The minimum atomic E-state index is -4.81. The van der Waals surface area contributed by atoms with Gasteiger partial charge in [0.25, 0.3) is 5.91 Å². The van der Waals surface area contributed by atoms with Crippen molar-refractivity contribution >= 4 is 29.7 Å². The van der Waals surface area contributed by atoms with Crippen LogP contribution in [-0.4, -0.2) is 64.7 Å². The topological polar surface area (TPSA) is 107 Å². The molecule has 0 aromatic heterocycles. The van der Waals surface area contributed by atoms with Gasteiger partial charge in [0.1, 0.15) is 18.4 Å². The van der Waals surface area contributed by atoms with Gasteiger partial charge in [-0.3, -0.25) is 14.5 Å². The average molecular weight is 537 g/mol. The van der Waals surface area contributed by atoms with E-state index in [0.29, 0.717) is 26.6 Å². The van der Waals surface area contributed by atoms with Crippen LogP contribution in [0.4, 0.5) is 32.8 Å². The van der Waals surface area contributed by atoms with E-state index in [9.17, 15) is 41.8 Å². The normalized spacial score (nSPS) is 19.4. The van der Waals surface area contributed by atoms with Crippen LogP contribution >= 0.6 is 0 Å². The lowest BCUT2D eigenvalue weighted by Crippen LogP contribution is -2.51. The van der Waals surface area contributed by atoms with Gasteiger partial charge in [0.2, 0.25) is 11.5 Å². The number of aryl methyl sites for hydroxylation is 1. The molecule has 1 aliphatic heterocycles. The number of fused-ring (bicyclic) bond motifs is 2. The van der Waals surface area contributed by atoms with Crippen LogP contribution < -0.4 is 4.90 Å². The highest BCUT2D eigenvalue weighted by Gasteiger charge is 2.58. The lowest BCUT2D eigenvalue weighted by Gasteiger charge is -2.31. The molecule has 38 heavy (non-hydrogen) atoms. The van der Waals surface area contributed by atoms with E-state index in [1.807, 2.05) is 0 Å². The molecule has 1 spiro atoms. The summed E-state index contributed by atoms with van der Waals surface area (Å²) in [6.07, 6.45) is -6.90. The molecule has 4 rings (SSSR count). The Hall–Kier alpha value is -4.16. The number of rotatable bonds is 6. The molecule has 2 aliphatic rings. The Labute approximate surface area is 214 Å². The Morgan fingerprint density at radius 1 is 1.16 bits per heavy atom. The first-order valence-electron chi connectivity index (χ1n) is 11.5. The lowest BCUT2D eigenvalue weighted by atomic mass is 9.94. The van der Waals surface area contributed by atoms with E-state index in [1.54, 1.807) is 6.07 Å². The fourth-order valence-electron chi connectivity index (χ4n) is 4.59. The molecule has 202 valence electrons. The average Bonchev–Trinajstić information content (AvgIpc) is 3.34. The second-order valence-corrected chi connectivity index (χ2v) is 9.14. The van der Waals surface area contributed by atoms with Crippen LogP contribution in [0.25, 0.3) is 0 Å². The number of ether oxygens (including phenoxy) is 1. The number of imide groups is 1. The molecule has 1 fully saturated rings. The molecule has 13 heteroatoms. The van der Waals surface area contributed by atoms with Crippen LogP contribution in [0.5, 0.6) is 0 Å². The summed E-state index contributed by atoms with van der Waals surface area (Å²) in [7, 11) is 1.34. The van der Waals surface area contributed by atoms with Crippen LogP contribution in [0.2, 0.25) is 0 Å². The van der Waals surface area contributed by atoms with Gasteiger partial charge in [-0.15, -0.1) is 0 Å². The predicted octanol–water partition coefficient (Wildman–Crippen LogP) is 4.04. The summed E-state index contributed by atoms with van der Waals surface area (Å²) < 4.78 is 59.4. The van der Waals surface area contributed by atoms with Gasteiger partial charge in [-0.25, -0.2) is 18.9 Å². The third-order valence-corrected chi connectivity index (χ3v) is 6.84. The molecule has 1 heterocycles. The number of anilines is 1. The van der Waals surface area contributed by atoms with E-state index in [0.717, 1.165) is 24.0 Å². The van der Waals surface area contributed by atoms with Gasteiger partial charge in [0.15, 0.2) is 0 Å². The van der Waals surface area contributed by atoms with Crippen molar-refractivity contribution in [3.8, 4) is 0 Å². The molecule has 1 N–H and O–H groups in total. The Kier molecular flexibility index (Phi) is 6.80. The molecule has 2 aromatic carbocycles. The van der Waals surface area contributed by atoms with E-state index < -0.39 is 60.7 Å². The van der Waals surface area contributed by atoms with Crippen LogP contribution in [-0.2, 0) is 32.9 Å². The third-order valence-electron chi connectivity index (χ3n) is 6.84. The SMILES string of the molecule is C[C@H](N(Cc1ccc(F)cc1)C(=O)CN1C(=O)O[C@@]2(CCc3cc(N(C)C(=O)O)ccc32)C1=O)C(F)(F)F. The van der Waals surface area contributed by atoms with Crippen LogP contribution in [0.3, 0.4) is 0 Å². The number of alkyl halides is 3. The first kappa shape index (κ1) is 26.9. The maximum Gasteiger partial charge on any atom is 0.418 e. The molecule has 0 saturated carbocycles. The molecule has 2 atom stereocenters. The van der Waals surface area contributed by atoms with Gasteiger partial charge in [-0.2, -0.15) is 13.2 Å². The molecule has 0 unspecified atom stereocenters. The standard InChI is InChI=1S/C25H23F4N3O6/c1-14(25(27,28)29)31(12-15-3-5-17(26)6-4-15)20(33)13-32-21(34)24(38-23(32)37)10-9-16-11-18(7-8-19(16)24)30(2)22(35)36/h3-8,11,14H,9-10,12-13H2,1-2H3,(H,35,36)/t14-,24+/m0/s1. The van der Waals surface area contributed by atoms with E-state index in [-0.39, 0.29) is 18.4 Å². The molecule has 2 aromatic rings. The second kappa shape index (κ2) is 9.62. The highest BCUT2D eigenvalue weighted by molar-refractivity contribution is 6.06. The lowest BCUT2D eigenvalue weighted by molar-refractivity contribution is -0.187. The maximum atomic E-state index is 13.6. The third kappa shape index (κ3) is 4.75. The molecule has 1 saturated heterocycles. The zero-order valence-electron chi connectivity index (χ0n) is 20.3. The van der Waals surface area contributed by atoms with Crippen molar-refractivity contribution in [1.29, 1.82) is 0 Å². The summed E-state index contributed by atoms with van der Waals surface area (Å²) in [6.45, 7) is -0.757. The fourth-order valence-corrected chi connectivity index (χ4v) is 4.59. The van der Waals surface area contributed by atoms with E-state index in [2.05, 4.69) is 0 Å². The quantitative estimate of drug-likeness (QED) is 0.558. The van der Waals surface area contributed by atoms with Gasteiger partial charge in [-0.1, -0.05) is 18.2 Å². The Morgan fingerprint density at radius 2 is 1.82 bits per heavy atom. The second-order valence-electron chi connectivity index (χ2n) is 9.14. The molecular weight excluding hydrogens is 514 g/mol. The molecule has 1 aliphatic carbocycles. The summed E-state index contributed by atoms with van der Waals surface area (Å²) in [5, 5.41) is 9.20. The zero-order valence-corrected chi connectivity index (χ0v) is 20.3. The molecular formula is C25H23F4N3O6. The van der Waals surface area contributed by atoms with Crippen molar-refractivity contribution in [1.82, 2.24) is 9.80 Å². The first-order valence-corrected chi connectivity index (χ1v) is 11.5. The van der Waals surface area contributed by atoms with Crippen molar-refractivity contribution in [2.24, 2.45) is 0 Å². The minimum Gasteiger partial charge on any atom is -0.465 e. The van der Waals surface area contributed by atoms with Crippen molar-refractivity contribution in [2.45, 2.75) is 44.1 Å². The number of hydrogen-bond acceptors (Lipinski definition) is 5. The zero-order chi connectivity index (χ0) is 28.0. The first-order chi connectivity index (χ1) is 17.7. The van der Waals surface area contributed by atoms with E-state index in [4.69, 9.17) is 4.74 Å². The number of carbonyl (C=O) groups is 4. The number of hydrogen-bond donors (Lipinski definition) is 1. The van der Waals surface area contributed by atoms with Crippen molar-refractivity contribution in [3.05, 3.63) is 65.0 Å². The minimum absolute atomic E-state index is 0.0239. The summed E-state index contributed by atoms with van der Waals surface area (Å²) >= 11 is 0. The number of carbonyl (C=O) groups excluding carboxylic acids is 3. The summed E-state index contributed by atoms with van der Waals surface area (Å²) in [4.78, 5) is 52.3. The molecule has 4 amide bonds. The van der Waals surface area contributed by atoms with E-state index >= 15 is 0 Å². The van der Waals surface area contributed by atoms with Crippen LogP contribution in [0.1, 0.15) is 30.0 Å². The molecule has 0 radical (unpaired) electrons. The van der Waals surface area contributed by atoms with Crippen molar-refractivity contribution in [2.75, 3.05) is 18.5 Å². The monoisotopic (exact) mass is 537 g/mol. The Morgan fingerprint density at radius 3 is 2.42 bits per heavy atom. The van der Waals surface area contributed by atoms with Crippen LogP contribution in [0.15, 0.2) is 42.5 Å². The summed E-state index contributed by atoms with van der Waals surface area (Å²) in [5.41, 5.74) is -0.331. The smallest absolute Gasteiger partial charge is 0.418 e. The van der Waals surface area contributed by atoms with Gasteiger partial charge in [0.05, 0.1) is 0 Å². The number of benzene rings is 2. The highest BCUT2D eigenvalue weighted by Crippen LogP contribution is 2.46. The van der Waals surface area contributed by atoms with Gasteiger partial charge in [-0.05, 0) is 48.7 Å². The number of carboxylic acid groups (broad SMARTS) is 1. The highest BCUT2D eigenvalue weighted by atomic mass is 19.4. The van der Waals surface area contributed by atoms with Crippen LogP contribution in [0, 0.1) is 5.82 Å². The van der Waals surface area contributed by atoms with Crippen molar-refractivity contribution in [3.63, 3.8) is 0 Å². The Balaban J connectivity index is 1.58. The molecule has 0 bridgehead atoms. The fraction of sp³-hybridized carbons (Fsp3) is 0.360. The summed E-state index contributed by atoms with van der Waals surface area (Å²) in [5.74, 6) is -2.65. The van der Waals surface area contributed by atoms with Gasteiger partial charge < -0.3 is 14.7 Å². The molecule has 9 nitrogen and oxygen atoms in total. The number of halogens is 4. The largest absolute Gasteiger partial charge is 0.465 e. The summed E-state index contributed by atoms with van der Waals surface area (Å²) in [6, 6.07) is 6.72. The predicted molar refractivity (Wildman–Crippen MR) is 124 cm³/mol. The van der Waals surface area contributed by atoms with Gasteiger partial charge >= 0.3 is 18.4 Å². The number of nitrogens with zero attached hydrogens (tertiary/aromatic N) is 3.